The van der Waals surface area contributed by atoms with Crippen LogP contribution in [0.5, 0.6) is 0 Å². The van der Waals surface area contributed by atoms with E-state index in [1.54, 1.807) is 0 Å². The summed E-state index contributed by atoms with van der Waals surface area (Å²) >= 11 is 0. The van der Waals surface area contributed by atoms with Gasteiger partial charge in [0.25, 0.3) is 5.91 Å². The highest BCUT2D eigenvalue weighted by molar-refractivity contribution is 5.90. The van der Waals surface area contributed by atoms with E-state index in [0.717, 1.165) is 10.5 Å². The van der Waals surface area contributed by atoms with Gasteiger partial charge < -0.3 is 20.8 Å². The van der Waals surface area contributed by atoms with Crippen molar-refractivity contribution in [3.63, 3.8) is 0 Å². The third-order valence-electron chi connectivity index (χ3n) is 3.49. The van der Waals surface area contributed by atoms with Gasteiger partial charge in [-0.25, -0.2) is 0 Å². The molecular formula is C14H18N2O4. The first-order valence-corrected chi connectivity index (χ1v) is 6.50. The maximum Gasteiger partial charge on any atom is 0.252 e. The number of primary amides is 1. The third-order valence-corrected chi connectivity index (χ3v) is 3.49. The minimum atomic E-state index is -1.19. The smallest absolute Gasteiger partial charge is 0.252 e. The highest BCUT2D eigenvalue weighted by Gasteiger charge is 2.45. The summed E-state index contributed by atoms with van der Waals surface area (Å²) in [5, 5.41) is 19.3. The minimum Gasteiger partial charge on any atom is -0.389 e. The number of amides is 2. The number of carbonyl (C=O) groups excluding carboxylic acids is 2. The zero-order valence-electron chi connectivity index (χ0n) is 11.0. The number of carbonyl (C=O) groups is 2. The molecule has 1 aliphatic heterocycles. The van der Waals surface area contributed by atoms with Gasteiger partial charge in [0.15, 0.2) is 0 Å². The molecule has 0 aromatic heterocycles. The van der Waals surface area contributed by atoms with Gasteiger partial charge in [0.2, 0.25) is 5.91 Å². The Labute approximate surface area is 116 Å². The Morgan fingerprint density at radius 3 is 2.55 bits per heavy atom. The number of β-amino-alcohol motifs (C(OH)–C–C–N with tert-alkyl or cyclic N) is 1. The second-order valence-electron chi connectivity index (χ2n) is 4.95. The van der Waals surface area contributed by atoms with Gasteiger partial charge in [-0.05, 0) is 18.4 Å². The lowest BCUT2D eigenvalue weighted by molar-refractivity contribution is -0.165. The fourth-order valence-corrected chi connectivity index (χ4v) is 2.32. The fourth-order valence-electron chi connectivity index (χ4n) is 2.32. The van der Waals surface area contributed by atoms with E-state index >= 15 is 0 Å². The molecule has 3 atom stereocenters. The van der Waals surface area contributed by atoms with E-state index in [1.807, 2.05) is 30.3 Å². The molecule has 0 bridgehead atoms. The van der Waals surface area contributed by atoms with Crippen LogP contribution >= 0.6 is 0 Å². The van der Waals surface area contributed by atoms with Crippen LogP contribution in [0.4, 0.5) is 0 Å². The van der Waals surface area contributed by atoms with Crippen molar-refractivity contribution in [2.24, 2.45) is 5.73 Å². The zero-order chi connectivity index (χ0) is 14.7. The van der Waals surface area contributed by atoms with E-state index in [0.29, 0.717) is 6.42 Å². The van der Waals surface area contributed by atoms with E-state index in [1.165, 1.54) is 0 Å². The lowest BCUT2D eigenvalue weighted by Gasteiger charge is -2.44. The van der Waals surface area contributed by atoms with E-state index in [-0.39, 0.29) is 13.0 Å². The van der Waals surface area contributed by atoms with E-state index in [2.05, 4.69) is 0 Å². The van der Waals surface area contributed by atoms with E-state index in [9.17, 15) is 19.8 Å². The molecule has 1 aliphatic rings. The Morgan fingerprint density at radius 1 is 1.35 bits per heavy atom. The normalized spacial score (nSPS) is 23.0. The number of aliphatic hydroxyl groups is 2. The maximum atomic E-state index is 12.0. The van der Waals surface area contributed by atoms with Crippen molar-refractivity contribution >= 4 is 11.8 Å². The molecule has 2 amide bonds. The van der Waals surface area contributed by atoms with Crippen molar-refractivity contribution in [3.8, 4) is 0 Å². The number of rotatable bonds is 5. The van der Waals surface area contributed by atoms with Crippen LogP contribution in [0.25, 0.3) is 0 Å². The summed E-state index contributed by atoms with van der Waals surface area (Å²) in [6.45, 7) is 0.0365. The number of hydrogen-bond acceptors (Lipinski definition) is 4. The Bertz CT molecular complexity index is 491. The lowest BCUT2D eigenvalue weighted by atomic mass is 9.96. The predicted molar refractivity (Wildman–Crippen MR) is 71.5 cm³/mol. The highest BCUT2D eigenvalue weighted by Crippen LogP contribution is 2.20. The summed E-state index contributed by atoms with van der Waals surface area (Å²) in [6, 6.07) is 8.47. The molecule has 1 heterocycles. The molecule has 6 nitrogen and oxygen atoms in total. The molecule has 1 fully saturated rings. The number of aliphatic hydroxyl groups excluding tert-OH is 2. The first-order valence-electron chi connectivity index (χ1n) is 6.50. The summed E-state index contributed by atoms with van der Waals surface area (Å²) in [4.78, 5) is 24.2. The van der Waals surface area contributed by atoms with Gasteiger partial charge >= 0.3 is 0 Å². The van der Waals surface area contributed by atoms with Crippen LogP contribution in [-0.4, -0.2) is 51.7 Å². The number of likely N-dealkylation sites (tertiary alicyclic amines) is 1. The molecule has 6 heteroatoms. The van der Waals surface area contributed by atoms with Crippen LogP contribution in [0.2, 0.25) is 0 Å². The molecule has 0 saturated carbocycles. The van der Waals surface area contributed by atoms with Gasteiger partial charge in [0.05, 0.1) is 6.54 Å². The summed E-state index contributed by atoms with van der Waals surface area (Å²) in [5.41, 5.74) is 6.13. The van der Waals surface area contributed by atoms with Crippen molar-refractivity contribution in [1.82, 2.24) is 4.90 Å². The molecule has 0 spiro atoms. The van der Waals surface area contributed by atoms with Gasteiger partial charge in [-0.1, -0.05) is 30.3 Å². The van der Waals surface area contributed by atoms with Crippen molar-refractivity contribution in [2.75, 3.05) is 6.54 Å². The van der Waals surface area contributed by atoms with Crippen molar-refractivity contribution in [3.05, 3.63) is 35.9 Å². The highest BCUT2D eigenvalue weighted by atomic mass is 16.3. The first kappa shape index (κ1) is 14.5. The largest absolute Gasteiger partial charge is 0.389 e. The molecule has 108 valence electrons. The van der Waals surface area contributed by atoms with E-state index < -0.39 is 30.1 Å². The van der Waals surface area contributed by atoms with Gasteiger partial charge in [-0.3, -0.25) is 9.59 Å². The second kappa shape index (κ2) is 6.02. The van der Waals surface area contributed by atoms with Crippen LogP contribution in [0.1, 0.15) is 12.0 Å². The average molecular weight is 278 g/mol. The molecule has 1 aromatic carbocycles. The number of nitrogens with two attached hydrogens (primary N) is 1. The molecule has 4 N–H and O–H groups in total. The number of benzene rings is 1. The molecule has 0 aliphatic carbocycles. The van der Waals surface area contributed by atoms with Crippen molar-refractivity contribution < 1.29 is 19.8 Å². The minimum absolute atomic E-state index is 0.0365. The number of nitrogens with zero attached hydrogens (tertiary/aromatic N) is 1. The Hall–Kier alpha value is -1.92. The van der Waals surface area contributed by atoms with Crippen LogP contribution in [0.3, 0.4) is 0 Å². The van der Waals surface area contributed by atoms with E-state index in [4.69, 9.17) is 5.73 Å². The van der Waals surface area contributed by atoms with Gasteiger partial charge in [-0.15, -0.1) is 0 Å². The first-order chi connectivity index (χ1) is 9.50. The lowest BCUT2D eigenvalue weighted by Crippen LogP contribution is -2.68. The third kappa shape index (κ3) is 2.97. The Kier molecular flexibility index (Phi) is 4.36. The average Bonchev–Trinajstić information content (AvgIpc) is 2.41. The molecular weight excluding hydrogens is 260 g/mol. The fraction of sp³-hybridized carbons (Fsp3) is 0.429. The van der Waals surface area contributed by atoms with Crippen LogP contribution in [-0.2, 0) is 16.0 Å². The van der Waals surface area contributed by atoms with Crippen LogP contribution in [0.15, 0.2) is 30.3 Å². The summed E-state index contributed by atoms with van der Waals surface area (Å²) in [5.74, 6) is -1.32. The Morgan fingerprint density at radius 2 is 2.00 bits per heavy atom. The standard InChI is InChI=1S/C14H18N2O4/c15-13(19)12-11(18)8-16(12)14(20)10(17)7-6-9-4-2-1-3-5-9/h1-5,10-12,17-18H,6-8H2,(H2,15,19)/t10-,11?,12?/m1/s1. The summed E-state index contributed by atoms with van der Waals surface area (Å²) in [6.07, 6.45) is -1.30. The molecule has 2 unspecified atom stereocenters. The van der Waals surface area contributed by atoms with Crippen molar-refractivity contribution in [1.29, 1.82) is 0 Å². The Balaban J connectivity index is 1.88. The second-order valence-corrected chi connectivity index (χ2v) is 4.95. The van der Waals surface area contributed by atoms with Gasteiger partial charge in [0, 0.05) is 0 Å². The molecule has 0 radical (unpaired) electrons. The molecule has 20 heavy (non-hydrogen) atoms. The van der Waals surface area contributed by atoms with Crippen molar-refractivity contribution in [2.45, 2.75) is 31.1 Å². The predicted octanol–water partition coefficient (Wildman–Crippen LogP) is -0.963. The summed E-state index contributed by atoms with van der Waals surface area (Å²) in [7, 11) is 0. The van der Waals surface area contributed by atoms with Crippen LogP contribution < -0.4 is 5.73 Å². The zero-order valence-corrected chi connectivity index (χ0v) is 11.0. The number of hydrogen-bond donors (Lipinski definition) is 3. The van der Waals surface area contributed by atoms with Gasteiger partial charge in [-0.2, -0.15) is 0 Å². The quantitative estimate of drug-likeness (QED) is 0.645. The molecule has 2 rings (SSSR count). The van der Waals surface area contributed by atoms with Crippen LogP contribution in [0, 0.1) is 0 Å². The SMILES string of the molecule is NC(=O)C1C(O)CN1C(=O)[C@H](O)CCc1ccccc1. The maximum absolute atomic E-state index is 12.0. The summed E-state index contributed by atoms with van der Waals surface area (Å²) < 4.78 is 0. The molecule has 1 saturated heterocycles. The topological polar surface area (TPSA) is 104 Å². The monoisotopic (exact) mass is 278 g/mol. The van der Waals surface area contributed by atoms with Gasteiger partial charge in [0.1, 0.15) is 18.2 Å². The molecule has 1 aromatic rings. The number of aryl methyl sites for hydroxylation is 1.